The fraction of sp³-hybridized carbons (Fsp3) is 0.333. The van der Waals surface area contributed by atoms with E-state index in [1.54, 1.807) is 6.20 Å². The summed E-state index contributed by atoms with van der Waals surface area (Å²) < 4.78 is 0. The molecule has 0 saturated carbocycles. The van der Waals surface area contributed by atoms with Crippen LogP contribution in [0.1, 0.15) is 22.4 Å². The molecule has 0 fully saturated rings. The smallest absolute Gasteiger partial charge is 0.317 e. The highest BCUT2D eigenvalue weighted by Crippen LogP contribution is 2.22. The predicted molar refractivity (Wildman–Crippen MR) is 81.1 cm³/mol. The van der Waals surface area contributed by atoms with Crippen LogP contribution in [0.4, 0.5) is 4.79 Å². The SMILES string of the molecule is Cc1[nH]ncc1CNC(=O)N1CCc2cc(Cl)ccc2C1. The number of halogens is 1. The van der Waals surface area contributed by atoms with Crippen molar-refractivity contribution in [2.45, 2.75) is 26.4 Å². The summed E-state index contributed by atoms with van der Waals surface area (Å²) in [5.74, 6) is 0. The van der Waals surface area contributed by atoms with Crippen molar-refractivity contribution in [3.05, 3.63) is 51.8 Å². The molecule has 110 valence electrons. The molecule has 2 amide bonds. The number of amides is 2. The Bertz CT molecular complexity index is 667. The van der Waals surface area contributed by atoms with Gasteiger partial charge in [-0.15, -0.1) is 0 Å². The zero-order valence-corrected chi connectivity index (χ0v) is 12.6. The molecule has 0 aliphatic carbocycles. The maximum absolute atomic E-state index is 12.2. The van der Waals surface area contributed by atoms with Gasteiger partial charge in [0.25, 0.3) is 0 Å². The van der Waals surface area contributed by atoms with Crippen LogP contribution in [0.2, 0.25) is 5.02 Å². The first-order chi connectivity index (χ1) is 10.1. The second-order valence-electron chi connectivity index (χ2n) is 5.26. The average molecular weight is 305 g/mol. The summed E-state index contributed by atoms with van der Waals surface area (Å²) in [5, 5.41) is 10.5. The standard InChI is InChI=1S/C15H17ClN4O/c1-10-13(8-18-19-10)7-17-15(21)20-5-4-11-6-14(16)3-2-12(11)9-20/h2-3,6,8H,4-5,7,9H2,1H3,(H,17,21)(H,18,19). The Morgan fingerprint density at radius 3 is 3.10 bits per heavy atom. The number of aryl methyl sites for hydroxylation is 1. The van der Waals surface area contributed by atoms with Crippen LogP contribution >= 0.6 is 11.6 Å². The van der Waals surface area contributed by atoms with E-state index in [0.29, 0.717) is 19.6 Å². The minimum Gasteiger partial charge on any atom is -0.334 e. The van der Waals surface area contributed by atoms with Crippen LogP contribution in [0, 0.1) is 6.92 Å². The molecule has 1 aromatic heterocycles. The van der Waals surface area contributed by atoms with E-state index in [4.69, 9.17) is 11.6 Å². The number of carbonyl (C=O) groups is 1. The molecule has 6 heteroatoms. The van der Waals surface area contributed by atoms with Gasteiger partial charge in [0.2, 0.25) is 0 Å². The normalized spacial score (nSPS) is 13.9. The van der Waals surface area contributed by atoms with E-state index in [-0.39, 0.29) is 6.03 Å². The summed E-state index contributed by atoms with van der Waals surface area (Å²) >= 11 is 6.00. The van der Waals surface area contributed by atoms with E-state index in [1.807, 2.05) is 30.0 Å². The molecule has 1 aromatic carbocycles. The Kier molecular flexibility index (Phi) is 3.84. The maximum Gasteiger partial charge on any atom is 0.317 e. The molecule has 2 aromatic rings. The van der Waals surface area contributed by atoms with E-state index in [2.05, 4.69) is 15.5 Å². The van der Waals surface area contributed by atoms with Crippen molar-refractivity contribution < 1.29 is 4.79 Å². The van der Waals surface area contributed by atoms with Crippen molar-refractivity contribution in [3.63, 3.8) is 0 Å². The quantitative estimate of drug-likeness (QED) is 0.896. The number of aromatic nitrogens is 2. The van der Waals surface area contributed by atoms with Gasteiger partial charge in [0.05, 0.1) is 6.20 Å². The zero-order chi connectivity index (χ0) is 14.8. The predicted octanol–water partition coefficient (Wildman–Crippen LogP) is 2.64. The summed E-state index contributed by atoms with van der Waals surface area (Å²) in [7, 11) is 0. The number of aromatic amines is 1. The van der Waals surface area contributed by atoms with E-state index in [1.165, 1.54) is 11.1 Å². The minimum absolute atomic E-state index is 0.0452. The lowest BCUT2D eigenvalue weighted by Gasteiger charge is -2.29. The van der Waals surface area contributed by atoms with E-state index < -0.39 is 0 Å². The van der Waals surface area contributed by atoms with Crippen LogP contribution in [0.5, 0.6) is 0 Å². The monoisotopic (exact) mass is 304 g/mol. The van der Waals surface area contributed by atoms with Gasteiger partial charge < -0.3 is 10.2 Å². The number of nitrogens with one attached hydrogen (secondary N) is 2. The van der Waals surface area contributed by atoms with Crippen LogP contribution in [-0.2, 0) is 19.5 Å². The van der Waals surface area contributed by atoms with Gasteiger partial charge in [0.1, 0.15) is 0 Å². The lowest BCUT2D eigenvalue weighted by Crippen LogP contribution is -2.42. The molecule has 0 atom stereocenters. The van der Waals surface area contributed by atoms with E-state index in [9.17, 15) is 4.79 Å². The molecule has 1 aliphatic heterocycles. The first-order valence-corrected chi connectivity index (χ1v) is 7.30. The Morgan fingerprint density at radius 1 is 1.48 bits per heavy atom. The van der Waals surface area contributed by atoms with Gasteiger partial charge in [-0.25, -0.2) is 4.79 Å². The zero-order valence-electron chi connectivity index (χ0n) is 11.8. The van der Waals surface area contributed by atoms with Crippen LogP contribution in [0.15, 0.2) is 24.4 Å². The fourth-order valence-electron chi connectivity index (χ4n) is 2.53. The molecule has 2 N–H and O–H groups in total. The summed E-state index contributed by atoms with van der Waals surface area (Å²) in [6, 6.07) is 5.81. The third-order valence-corrected chi connectivity index (χ3v) is 4.07. The van der Waals surface area contributed by atoms with Crippen molar-refractivity contribution in [2.24, 2.45) is 0 Å². The Hall–Kier alpha value is -2.01. The number of fused-ring (bicyclic) bond motifs is 1. The number of nitrogens with zero attached hydrogens (tertiary/aromatic N) is 2. The molecule has 0 radical (unpaired) electrons. The summed E-state index contributed by atoms with van der Waals surface area (Å²) in [6.45, 7) is 3.77. The van der Waals surface area contributed by atoms with Crippen molar-refractivity contribution >= 4 is 17.6 Å². The number of hydrogen-bond donors (Lipinski definition) is 2. The lowest BCUT2D eigenvalue weighted by atomic mass is 10.0. The summed E-state index contributed by atoms with van der Waals surface area (Å²) in [4.78, 5) is 14.1. The highest BCUT2D eigenvalue weighted by Gasteiger charge is 2.20. The van der Waals surface area contributed by atoms with Crippen LogP contribution in [-0.4, -0.2) is 27.7 Å². The molecule has 0 spiro atoms. The van der Waals surface area contributed by atoms with Gasteiger partial charge in [-0.2, -0.15) is 5.10 Å². The van der Waals surface area contributed by atoms with Gasteiger partial charge in [0, 0.05) is 35.9 Å². The van der Waals surface area contributed by atoms with E-state index >= 15 is 0 Å². The van der Waals surface area contributed by atoms with Crippen LogP contribution in [0.25, 0.3) is 0 Å². The average Bonchev–Trinajstić information content (AvgIpc) is 2.89. The van der Waals surface area contributed by atoms with Crippen molar-refractivity contribution in [1.29, 1.82) is 0 Å². The largest absolute Gasteiger partial charge is 0.334 e. The van der Waals surface area contributed by atoms with E-state index in [0.717, 1.165) is 22.7 Å². The molecule has 2 heterocycles. The molecule has 5 nitrogen and oxygen atoms in total. The molecular weight excluding hydrogens is 288 g/mol. The molecule has 0 saturated heterocycles. The van der Waals surface area contributed by atoms with Crippen molar-refractivity contribution in [1.82, 2.24) is 20.4 Å². The summed E-state index contributed by atoms with van der Waals surface area (Å²) in [6.07, 6.45) is 2.58. The van der Waals surface area contributed by atoms with Crippen molar-refractivity contribution in [2.75, 3.05) is 6.54 Å². The summed E-state index contributed by atoms with van der Waals surface area (Å²) in [5.41, 5.74) is 4.39. The molecular formula is C15H17ClN4O. The Labute approximate surface area is 128 Å². The third-order valence-electron chi connectivity index (χ3n) is 3.83. The van der Waals surface area contributed by atoms with Gasteiger partial charge in [-0.3, -0.25) is 5.10 Å². The van der Waals surface area contributed by atoms with Gasteiger partial charge in [-0.05, 0) is 36.6 Å². The lowest BCUT2D eigenvalue weighted by molar-refractivity contribution is 0.192. The molecule has 21 heavy (non-hydrogen) atoms. The van der Waals surface area contributed by atoms with Gasteiger partial charge in [-0.1, -0.05) is 17.7 Å². The first-order valence-electron chi connectivity index (χ1n) is 6.92. The number of rotatable bonds is 2. The topological polar surface area (TPSA) is 61.0 Å². The van der Waals surface area contributed by atoms with Gasteiger partial charge >= 0.3 is 6.03 Å². The van der Waals surface area contributed by atoms with Gasteiger partial charge in [0.15, 0.2) is 0 Å². The fourth-order valence-corrected chi connectivity index (χ4v) is 2.73. The second-order valence-corrected chi connectivity index (χ2v) is 5.70. The Balaban J connectivity index is 1.62. The van der Waals surface area contributed by atoms with Crippen LogP contribution < -0.4 is 5.32 Å². The molecule has 0 bridgehead atoms. The first kappa shape index (κ1) is 13.9. The highest BCUT2D eigenvalue weighted by molar-refractivity contribution is 6.30. The van der Waals surface area contributed by atoms with Crippen molar-refractivity contribution in [3.8, 4) is 0 Å². The number of benzene rings is 1. The minimum atomic E-state index is -0.0452. The molecule has 1 aliphatic rings. The number of hydrogen-bond acceptors (Lipinski definition) is 2. The second kappa shape index (κ2) is 5.77. The number of carbonyl (C=O) groups excluding carboxylic acids is 1. The third kappa shape index (κ3) is 3.03. The maximum atomic E-state index is 12.2. The van der Waals surface area contributed by atoms with Crippen LogP contribution in [0.3, 0.4) is 0 Å². The molecule has 3 rings (SSSR count). The number of H-pyrrole nitrogens is 1. The number of urea groups is 1. The highest BCUT2D eigenvalue weighted by atomic mass is 35.5. The molecule has 0 unspecified atom stereocenters. The Morgan fingerprint density at radius 2 is 2.33 bits per heavy atom.